The molecule has 0 N–H and O–H groups in total. The number of rotatable bonds is 3. The van der Waals surface area contributed by atoms with Crippen LogP contribution in [0, 0.1) is 22.7 Å². The van der Waals surface area contributed by atoms with E-state index in [1.807, 2.05) is 13.0 Å². The van der Waals surface area contributed by atoms with Gasteiger partial charge in [-0.05, 0) is 20.3 Å². The summed E-state index contributed by atoms with van der Waals surface area (Å²) in [5.41, 5.74) is -0.596. The fourth-order valence-electron chi connectivity index (χ4n) is 1.34. The molecule has 17 heavy (non-hydrogen) atoms. The summed E-state index contributed by atoms with van der Waals surface area (Å²) < 4.78 is 10.0. The van der Waals surface area contributed by atoms with Crippen molar-refractivity contribution in [1.29, 1.82) is 5.26 Å². The van der Waals surface area contributed by atoms with Crippen LogP contribution in [0.5, 0.6) is 0 Å². The molecule has 2 atom stereocenters. The highest BCUT2D eigenvalue weighted by Crippen LogP contribution is 2.26. The first-order valence-corrected chi connectivity index (χ1v) is 5.67. The quantitative estimate of drug-likeness (QED) is 0.696. The van der Waals surface area contributed by atoms with E-state index in [-0.39, 0.29) is 19.0 Å². The Bertz CT molecular complexity index is 356. The van der Waals surface area contributed by atoms with Crippen LogP contribution in [0.3, 0.4) is 0 Å². The van der Waals surface area contributed by atoms with Crippen molar-refractivity contribution >= 4 is 11.9 Å². The van der Waals surface area contributed by atoms with Crippen LogP contribution >= 0.6 is 0 Å². The lowest BCUT2D eigenvalue weighted by Gasteiger charge is -2.29. The van der Waals surface area contributed by atoms with E-state index in [0.29, 0.717) is 6.42 Å². The van der Waals surface area contributed by atoms with Crippen molar-refractivity contribution in [1.82, 2.24) is 0 Å². The fourth-order valence-corrected chi connectivity index (χ4v) is 1.34. The van der Waals surface area contributed by atoms with Gasteiger partial charge in [-0.15, -0.1) is 0 Å². The summed E-state index contributed by atoms with van der Waals surface area (Å²) >= 11 is 0. The monoisotopic (exact) mass is 239 g/mol. The van der Waals surface area contributed by atoms with E-state index in [0.717, 1.165) is 0 Å². The Balaban J connectivity index is 2.69. The molecule has 1 heterocycles. The molecule has 0 spiro atoms. The first-order chi connectivity index (χ1) is 7.90. The van der Waals surface area contributed by atoms with E-state index in [1.165, 1.54) is 0 Å². The van der Waals surface area contributed by atoms with Crippen molar-refractivity contribution in [3.05, 3.63) is 0 Å². The first kappa shape index (κ1) is 13.5. The maximum absolute atomic E-state index is 11.8. The van der Waals surface area contributed by atoms with Gasteiger partial charge in [-0.2, -0.15) is 5.26 Å². The average molecular weight is 239 g/mol. The molecule has 1 aliphatic rings. The van der Waals surface area contributed by atoms with Gasteiger partial charge in [0.15, 0.2) is 0 Å². The van der Waals surface area contributed by atoms with Gasteiger partial charge in [-0.3, -0.25) is 9.59 Å². The van der Waals surface area contributed by atoms with E-state index in [2.05, 4.69) is 0 Å². The van der Waals surface area contributed by atoms with Crippen molar-refractivity contribution in [3.63, 3.8) is 0 Å². The van der Waals surface area contributed by atoms with Gasteiger partial charge in [0, 0.05) is 0 Å². The molecule has 2 unspecified atom stereocenters. The molecule has 5 nitrogen and oxygen atoms in total. The summed E-state index contributed by atoms with van der Waals surface area (Å²) in [6.07, 6.45) is -0.0798. The van der Waals surface area contributed by atoms with E-state index in [1.54, 1.807) is 13.8 Å². The van der Waals surface area contributed by atoms with Crippen LogP contribution in [0.4, 0.5) is 0 Å². The average Bonchev–Trinajstić information content (AvgIpc) is 2.29. The van der Waals surface area contributed by atoms with Crippen LogP contribution in [0.2, 0.25) is 0 Å². The van der Waals surface area contributed by atoms with Crippen molar-refractivity contribution < 1.29 is 19.1 Å². The summed E-state index contributed by atoms with van der Waals surface area (Å²) in [6.45, 7) is 5.44. The minimum atomic E-state index is -0.681. The number of nitrogens with zero attached hydrogens (tertiary/aromatic N) is 1. The molecule has 1 rings (SSSR count). The Kier molecular flexibility index (Phi) is 4.11. The van der Waals surface area contributed by atoms with Crippen LogP contribution in [0.1, 0.15) is 33.6 Å². The van der Waals surface area contributed by atoms with Crippen molar-refractivity contribution in [2.45, 2.75) is 39.7 Å². The largest absolute Gasteiger partial charge is 0.464 e. The molecule has 0 aliphatic carbocycles. The third-order valence-corrected chi connectivity index (χ3v) is 3.10. The summed E-state index contributed by atoms with van der Waals surface area (Å²) in [7, 11) is 0. The van der Waals surface area contributed by atoms with Gasteiger partial charge in [0.25, 0.3) is 0 Å². The van der Waals surface area contributed by atoms with E-state index >= 15 is 0 Å². The third-order valence-electron chi connectivity index (χ3n) is 3.10. The standard InChI is InChI=1S/C12H17NO4/c1-4-12(2,3)11(15)17-9-5-10(14)16-7-8(9)6-13/h8-9H,4-5,7H2,1-3H3. The van der Waals surface area contributed by atoms with Crippen molar-refractivity contribution in [2.75, 3.05) is 6.61 Å². The Morgan fingerprint density at radius 3 is 2.82 bits per heavy atom. The number of ether oxygens (including phenoxy) is 2. The molecule has 0 saturated carbocycles. The zero-order valence-corrected chi connectivity index (χ0v) is 10.4. The predicted molar refractivity (Wildman–Crippen MR) is 58.6 cm³/mol. The normalized spacial score (nSPS) is 24.7. The van der Waals surface area contributed by atoms with Gasteiger partial charge in [-0.25, -0.2) is 0 Å². The Labute approximate surface area is 101 Å². The zero-order valence-electron chi connectivity index (χ0n) is 10.4. The summed E-state index contributed by atoms with van der Waals surface area (Å²) in [4.78, 5) is 23.0. The molecule has 0 amide bonds. The van der Waals surface area contributed by atoms with Crippen LogP contribution in [-0.4, -0.2) is 24.6 Å². The van der Waals surface area contributed by atoms with E-state index in [9.17, 15) is 9.59 Å². The minimum Gasteiger partial charge on any atom is -0.464 e. The molecule has 94 valence electrons. The minimum absolute atomic E-state index is 0.000165. The van der Waals surface area contributed by atoms with Gasteiger partial charge in [0.2, 0.25) is 0 Å². The van der Waals surface area contributed by atoms with Crippen molar-refractivity contribution in [2.24, 2.45) is 11.3 Å². The van der Waals surface area contributed by atoms with Gasteiger partial charge >= 0.3 is 11.9 Å². The van der Waals surface area contributed by atoms with Crippen molar-refractivity contribution in [3.8, 4) is 6.07 Å². The predicted octanol–water partition coefficient (Wildman–Crippen LogP) is 1.42. The molecule has 1 aliphatic heterocycles. The topological polar surface area (TPSA) is 76.4 Å². The summed E-state index contributed by atoms with van der Waals surface area (Å²) in [5, 5.41) is 8.89. The highest BCUT2D eigenvalue weighted by molar-refractivity contribution is 5.77. The lowest BCUT2D eigenvalue weighted by Crippen LogP contribution is -2.40. The summed E-state index contributed by atoms with van der Waals surface area (Å²) in [5.74, 6) is -1.37. The zero-order chi connectivity index (χ0) is 13.1. The SMILES string of the molecule is CCC(C)(C)C(=O)OC1CC(=O)OCC1C#N. The molecule has 5 heteroatoms. The second-order valence-corrected chi connectivity index (χ2v) is 4.80. The smallest absolute Gasteiger partial charge is 0.311 e. The summed E-state index contributed by atoms with van der Waals surface area (Å²) in [6, 6.07) is 1.99. The number of nitriles is 1. The lowest BCUT2D eigenvalue weighted by atomic mass is 9.90. The number of carbonyl (C=O) groups is 2. The highest BCUT2D eigenvalue weighted by Gasteiger charge is 2.37. The number of hydrogen-bond donors (Lipinski definition) is 0. The molecule has 0 aromatic carbocycles. The van der Waals surface area contributed by atoms with Crippen LogP contribution < -0.4 is 0 Å². The Morgan fingerprint density at radius 2 is 2.29 bits per heavy atom. The van der Waals surface area contributed by atoms with E-state index in [4.69, 9.17) is 14.7 Å². The maximum atomic E-state index is 11.8. The first-order valence-electron chi connectivity index (χ1n) is 5.67. The van der Waals surface area contributed by atoms with Gasteiger partial charge in [-0.1, -0.05) is 6.92 Å². The Hall–Kier alpha value is -1.57. The molecule has 0 radical (unpaired) electrons. The molecule has 1 saturated heterocycles. The highest BCUT2D eigenvalue weighted by atomic mass is 16.6. The van der Waals surface area contributed by atoms with Crippen LogP contribution in [0.25, 0.3) is 0 Å². The third kappa shape index (κ3) is 3.19. The molecule has 0 aromatic rings. The second kappa shape index (κ2) is 5.17. The molecular formula is C12H17NO4. The maximum Gasteiger partial charge on any atom is 0.311 e. The van der Waals surface area contributed by atoms with Gasteiger partial charge in [0.1, 0.15) is 18.6 Å². The fraction of sp³-hybridized carbons (Fsp3) is 0.750. The molecule has 0 bridgehead atoms. The van der Waals surface area contributed by atoms with Gasteiger partial charge < -0.3 is 9.47 Å². The van der Waals surface area contributed by atoms with Crippen LogP contribution in [0.15, 0.2) is 0 Å². The molecule has 0 aromatic heterocycles. The number of esters is 2. The number of cyclic esters (lactones) is 1. The number of hydrogen-bond acceptors (Lipinski definition) is 5. The number of carbonyl (C=O) groups excluding carboxylic acids is 2. The molecule has 1 fully saturated rings. The Morgan fingerprint density at radius 1 is 1.65 bits per heavy atom. The van der Waals surface area contributed by atoms with Gasteiger partial charge in [0.05, 0.1) is 17.9 Å². The van der Waals surface area contributed by atoms with Crippen LogP contribution in [-0.2, 0) is 19.1 Å². The van der Waals surface area contributed by atoms with E-state index < -0.39 is 23.4 Å². The molecular weight excluding hydrogens is 222 g/mol. The lowest BCUT2D eigenvalue weighted by molar-refractivity contribution is -0.172. The second-order valence-electron chi connectivity index (χ2n) is 4.80.